The van der Waals surface area contributed by atoms with Crippen molar-refractivity contribution >= 4 is 17.6 Å². The Morgan fingerprint density at radius 1 is 1.09 bits per heavy atom. The Kier molecular flexibility index (Phi) is 3.60. The molecule has 0 bridgehead atoms. The number of carboxylic acids is 1. The first-order valence-electron chi connectivity index (χ1n) is 6.26. The van der Waals surface area contributed by atoms with Crippen molar-refractivity contribution in [3.63, 3.8) is 0 Å². The number of aromatic carboxylic acids is 1. The van der Waals surface area contributed by atoms with Gasteiger partial charge in [-0.25, -0.2) is 9.18 Å². The van der Waals surface area contributed by atoms with Crippen LogP contribution in [0.1, 0.15) is 10.5 Å². The number of nitrogens with zero attached hydrogens (tertiary/aromatic N) is 2. The number of nitrogens with one attached hydrogen (secondary N) is 1. The third kappa shape index (κ3) is 2.56. The molecule has 0 aliphatic heterocycles. The van der Waals surface area contributed by atoms with E-state index in [2.05, 4.69) is 15.4 Å². The molecule has 2 aromatic carbocycles. The SMILES string of the molecule is O=C(O)c1[nH]nnc1-c1ccc(-c2ccc(F)c(Cl)c2)cc1. The van der Waals surface area contributed by atoms with Crippen molar-refractivity contribution in [2.24, 2.45) is 0 Å². The number of aromatic nitrogens is 3. The van der Waals surface area contributed by atoms with Crippen LogP contribution in [-0.2, 0) is 0 Å². The van der Waals surface area contributed by atoms with Crippen LogP contribution in [0.3, 0.4) is 0 Å². The lowest BCUT2D eigenvalue weighted by molar-refractivity contribution is 0.0691. The number of carboxylic acid groups (broad SMARTS) is 1. The summed E-state index contributed by atoms with van der Waals surface area (Å²) in [6.07, 6.45) is 0. The van der Waals surface area contributed by atoms with Crippen molar-refractivity contribution < 1.29 is 14.3 Å². The van der Waals surface area contributed by atoms with E-state index in [0.717, 1.165) is 11.1 Å². The highest BCUT2D eigenvalue weighted by Gasteiger charge is 2.15. The van der Waals surface area contributed by atoms with Crippen LogP contribution in [-0.4, -0.2) is 26.5 Å². The van der Waals surface area contributed by atoms with E-state index in [-0.39, 0.29) is 16.4 Å². The van der Waals surface area contributed by atoms with Gasteiger partial charge in [0.05, 0.1) is 5.02 Å². The molecule has 0 spiro atoms. The van der Waals surface area contributed by atoms with Crippen molar-refractivity contribution in [1.82, 2.24) is 15.4 Å². The van der Waals surface area contributed by atoms with E-state index < -0.39 is 11.8 Å². The predicted molar refractivity (Wildman–Crippen MR) is 79.2 cm³/mol. The van der Waals surface area contributed by atoms with Gasteiger partial charge in [-0.15, -0.1) is 5.10 Å². The van der Waals surface area contributed by atoms with Crippen LogP contribution in [0.4, 0.5) is 4.39 Å². The highest BCUT2D eigenvalue weighted by Crippen LogP contribution is 2.27. The molecule has 0 amide bonds. The highest BCUT2D eigenvalue weighted by atomic mass is 35.5. The molecule has 2 N–H and O–H groups in total. The van der Waals surface area contributed by atoms with E-state index in [1.165, 1.54) is 12.1 Å². The van der Waals surface area contributed by atoms with Crippen molar-refractivity contribution in [2.75, 3.05) is 0 Å². The summed E-state index contributed by atoms with van der Waals surface area (Å²) in [5.41, 5.74) is 2.39. The second-order valence-corrected chi connectivity index (χ2v) is 4.95. The first kappa shape index (κ1) is 14.2. The molecular formula is C15H9ClFN3O2. The quantitative estimate of drug-likeness (QED) is 0.773. The van der Waals surface area contributed by atoms with Crippen LogP contribution in [0.2, 0.25) is 5.02 Å². The minimum absolute atomic E-state index is 0.0474. The zero-order valence-corrected chi connectivity index (χ0v) is 11.8. The zero-order chi connectivity index (χ0) is 15.7. The molecule has 5 nitrogen and oxygen atoms in total. The first-order chi connectivity index (χ1) is 10.6. The van der Waals surface area contributed by atoms with Crippen LogP contribution in [0.25, 0.3) is 22.4 Å². The maximum Gasteiger partial charge on any atom is 0.356 e. The monoisotopic (exact) mass is 317 g/mol. The Morgan fingerprint density at radius 3 is 2.36 bits per heavy atom. The molecule has 3 aromatic rings. The van der Waals surface area contributed by atoms with Gasteiger partial charge in [0.15, 0.2) is 5.69 Å². The van der Waals surface area contributed by atoms with Crippen molar-refractivity contribution in [1.29, 1.82) is 0 Å². The first-order valence-corrected chi connectivity index (χ1v) is 6.64. The number of rotatable bonds is 3. The molecular weight excluding hydrogens is 309 g/mol. The van der Waals surface area contributed by atoms with Gasteiger partial charge in [0.2, 0.25) is 0 Å². The average Bonchev–Trinajstić information content (AvgIpc) is 3.00. The minimum atomic E-state index is -1.13. The van der Waals surface area contributed by atoms with Gasteiger partial charge in [-0.1, -0.05) is 47.1 Å². The van der Waals surface area contributed by atoms with Crippen molar-refractivity contribution in [3.8, 4) is 22.4 Å². The van der Waals surface area contributed by atoms with Crippen LogP contribution < -0.4 is 0 Å². The van der Waals surface area contributed by atoms with Crippen LogP contribution in [0.5, 0.6) is 0 Å². The van der Waals surface area contributed by atoms with Crippen LogP contribution in [0.15, 0.2) is 42.5 Å². The van der Waals surface area contributed by atoms with Gasteiger partial charge in [0, 0.05) is 5.56 Å². The van der Waals surface area contributed by atoms with Gasteiger partial charge in [-0.2, -0.15) is 0 Å². The molecule has 110 valence electrons. The Balaban J connectivity index is 1.97. The smallest absolute Gasteiger partial charge is 0.356 e. The summed E-state index contributed by atoms with van der Waals surface area (Å²) in [5, 5.41) is 18.7. The predicted octanol–water partition coefficient (Wildman–Crippen LogP) is 3.63. The second-order valence-electron chi connectivity index (χ2n) is 4.55. The molecule has 0 atom stereocenters. The Labute approximate surface area is 129 Å². The molecule has 22 heavy (non-hydrogen) atoms. The lowest BCUT2D eigenvalue weighted by atomic mass is 10.0. The van der Waals surface area contributed by atoms with Gasteiger partial charge in [0.1, 0.15) is 11.5 Å². The molecule has 0 fully saturated rings. The fourth-order valence-corrected chi connectivity index (χ4v) is 2.26. The van der Waals surface area contributed by atoms with E-state index in [1.54, 1.807) is 30.3 Å². The van der Waals surface area contributed by atoms with Gasteiger partial charge in [-0.3, -0.25) is 5.10 Å². The average molecular weight is 318 g/mol. The summed E-state index contributed by atoms with van der Waals surface area (Å²) < 4.78 is 13.2. The minimum Gasteiger partial charge on any atom is -0.476 e. The Bertz CT molecular complexity index is 846. The molecule has 0 unspecified atom stereocenters. The Morgan fingerprint density at radius 2 is 1.73 bits per heavy atom. The molecule has 1 aromatic heterocycles. The number of halogens is 2. The number of aromatic amines is 1. The normalized spacial score (nSPS) is 10.6. The summed E-state index contributed by atoms with van der Waals surface area (Å²) >= 11 is 5.77. The maximum atomic E-state index is 13.2. The fourth-order valence-electron chi connectivity index (χ4n) is 2.08. The number of hydrogen-bond acceptors (Lipinski definition) is 3. The molecule has 7 heteroatoms. The van der Waals surface area contributed by atoms with E-state index in [0.29, 0.717) is 5.56 Å². The standard InChI is InChI=1S/C15H9ClFN3O2/c16-11-7-10(5-6-12(11)17)8-1-3-9(4-2-8)13-14(15(21)22)19-20-18-13/h1-7H,(H,21,22)(H,18,19,20). The molecule has 0 saturated carbocycles. The van der Waals surface area contributed by atoms with Crippen LogP contribution >= 0.6 is 11.6 Å². The van der Waals surface area contributed by atoms with Crippen molar-refractivity contribution in [3.05, 3.63) is 59.0 Å². The third-order valence-corrected chi connectivity index (χ3v) is 3.46. The molecule has 1 heterocycles. The fraction of sp³-hybridized carbons (Fsp3) is 0. The van der Waals surface area contributed by atoms with Gasteiger partial charge in [-0.05, 0) is 23.3 Å². The lowest BCUT2D eigenvalue weighted by Crippen LogP contribution is -1.99. The third-order valence-electron chi connectivity index (χ3n) is 3.17. The topological polar surface area (TPSA) is 78.9 Å². The molecule has 0 aliphatic carbocycles. The summed E-state index contributed by atoms with van der Waals surface area (Å²) in [4.78, 5) is 11.1. The van der Waals surface area contributed by atoms with Gasteiger partial charge >= 0.3 is 5.97 Å². The number of H-pyrrole nitrogens is 1. The summed E-state index contributed by atoms with van der Waals surface area (Å²) in [6, 6.07) is 11.4. The van der Waals surface area contributed by atoms with Crippen molar-refractivity contribution in [2.45, 2.75) is 0 Å². The molecule has 0 radical (unpaired) electrons. The zero-order valence-electron chi connectivity index (χ0n) is 11.0. The lowest BCUT2D eigenvalue weighted by Gasteiger charge is -2.04. The number of carbonyl (C=O) groups is 1. The Hall–Kier alpha value is -2.73. The van der Waals surface area contributed by atoms with Crippen LogP contribution in [0, 0.1) is 5.82 Å². The summed E-state index contributed by atoms with van der Waals surface area (Å²) in [5.74, 6) is -1.61. The number of hydrogen-bond donors (Lipinski definition) is 2. The van der Waals surface area contributed by atoms with Gasteiger partial charge in [0.25, 0.3) is 0 Å². The van der Waals surface area contributed by atoms with E-state index in [4.69, 9.17) is 16.7 Å². The second kappa shape index (κ2) is 5.57. The van der Waals surface area contributed by atoms with Gasteiger partial charge < -0.3 is 5.11 Å². The van der Waals surface area contributed by atoms with E-state index in [1.807, 2.05) is 0 Å². The van der Waals surface area contributed by atoms with E-state index in [9.17, 15) is 9.18 Å². The molecule has 3 rings (SSSR count). The highest BCUT2D eigenvalue weighted by molar-refractivity contribution is 6.31. The molecule has 0 aliphatic rings. The molecule has 0 saturated heterocycles. The maximum absolute atomic E-state index is 13.2. The number of benzene rings is 2. The largest absolute Gasteiger partial charge is 0.476 e. The van der Waals surface area contributed by atoms with E-state index >= 15 is 0 Å². The summed E-state index contributed by atoms with van der Waals surface area (Å²) in [6.45, 7) is 0. The summed E-state index contributed by atoms with van der Waals surface area (Å²) in [7, 11) is 0.